The van der Waals surface area contributed by atoms with Crippen molar-refractivity contribution in [1.29, 1.82) is 0 Å². The van der Waals surface area contributed by atoms with Crippen LogP contribution in [-0.4, -0.2) is 28.0 Å². The van der Waals surface area contributed by atoms with Crippen LogP contribution in [-0.2, 0) is 4.79 Å². The standard InChI is InChI=1S/C17H14ClN3OS/c1-11-5-3-4-6-12(11)9-15-16(22)21(2)17(23-15)20-14-7-8-19-10-13(14)18/h3-10H,1-2H3/b15-9-,20-17?. The first-order chi connectivity index (χ1) is 11.1. The second-order valence-corrected chi connectivity index (χ2v) is 6.47. The Balaban J connectivity index is 1.95. The Morgan fingerprint density at radius 3 is 2.83 bits per heavy atom. The lowest BCUT2D eigenvalue weighted by Gasteiger charge is -2.07. The van der Waals surface area contributed by atoms with Crippen molar-refractivity contribution in [2.45, 2.75) is 6.92 Å². The molecule has 0 saturated carbocycles. The van der Waals surface area contributed by atoms with Gasteiger partial charge >= 0.3 is 0 Å². The van der Waals surface area contributed by atoms with Crippen LogP contribution in [0.4, 0.5) is 5.69 Å². The Bertz CT molecular complexity index is 832. The normalized spacial score (nSPS) is 18.2. The summed E-state index contributed by atoms with van der Waals surface area (Å²) < 4.78 is 0. The maximum atomic E-state index is 12.4. The molecule has 0 aliphatic carbocycles. The average Bonchev–Trinajstić information content (AvgIpc) is 2.80. The average molecular weight is 344 g/mol. The van der Waals surface area contributed by atoms with Crippen LogP contribution >= 0.6 is 23.4 Å². The van der Waals surface area contributed by atoms with Crippen LogP contribution < -0.4 is 0 Å². The lowest BCUT2D eigenvalue weighted by Crippen LogP contribution is -2.23. The molecular formula is C17H14ClN3OS. The number of pyridine rings is 1. The molecule has 1 saturated heterocycles. The molecule has 0 radical (unpaired) electrons. The van der Waals surface area contributed by atoms with Crippen molar-refractivity contribution in [3.63, 3.8) is 0 Å². The molecule has 6 heteroatoms. The highest BCUT2D eigenvalue weighted by Gasteiger charge is 2.30. The van der Waals surface area contributed by atoms with Crippen molar-refractivity contribution >= 4 is 46.2 Å². The Hall–Kier alpha value is -2.11. The molecule has 1 aromatic carbocycles. The van der Waals surface area contributed by atoms with E-state index < -0.39 is 0 Å². The van der Waals surface area contributed by atoms with Crippen molar-refractivity contribution in [3.8, 4) is 0 Å². The maximum absolute atomic E-state index is 12.4. The summed E-state index contributed by atoms with van der Waals surface area (Å²) >= 11 is 7.42. The van der Waals surface area contributed by atoms with E-state index in [2.05, 4.69) is 9.98 Å². The smallest absolute Gasteiger partial charge is 0.266 e. The fourth-order valence-electron chi connectivity index (χ4n) is 2.10. The summed E-state index contributed by atoms with van der Waals surface area (Å²) in [5.74, 6) is -0.0674. The monoisotopic (exact) mass is 343 g/mol. The number of halogens is 1. The highest BCUT2D eigenvalue weighted by Crippen LogP contribution is 2.34. The molecule has 0 bridgehead atoms. The predicted octanol–water partition coefficient (Wildman–Crippen LogP) is 4.28. The van der Waals surface area contributed by atoms with Gasteiger partial charge in [0.05, 0.1) is 15.6 Å². The van der Waals surface area contributed by atoms with E-state index in [0.29, 0.717) is 20.8 Å². The van der Waals surface area contributed by atoms with Gasteiger partial charge < -0.3 is 0 Å². The minimum atomic E-state index is -0.0674. The fourth-order valence-corrected chi connectivity index (χ4v) is 3.24. The molecule has 1 fully saturated rings. The minimum Gasteiger partial charge on any atom is -0.290 e. The number of carbonyl (C=O) groups excluding carboxylic acids is 1. The van der Waals surface area contributed by atoms with Crippen LogP contribution in [0.15, 0.2) is 52.6 Å². The number of carbonyl (C=O) groups is 1. The van der Waals surface area contributed by atoms with Gasteiger partial charge in [0.1, 0.15) is 0 Å². The summed E-state index contributed by atoms with van der Waals surface area (Å²) in [6.45, 7) is 2.02. The summed E-state index contributed by atoms with van der Waals surface area (Å²) in [4.78, 5) is 23.0. The zero-order valence-electron chi connectivity index (χ0n) is 12.7. The van der Waals surface area contributed by atoms with Crippen LogP contribution in [0.1, 0.15) is 11.1 Å². The van der Waals surface area contributed by atoms with Crippen LogP contribution in [0.3, 0.4) is 0 Å². The number of nitrogens with zero attached hydrogens (tertiary/aromatic N) is 3. The van der Waals surface area contributed by atoms with E-state index in [4.69, 9.17) is 11.6 Å². The van der Waals surface area contributed by atoms with Gasteiger partial charge in [0, 0.05) is 19.4 Å². The first-order valence-electron chi connectivity index (χ1n) is 6.97. The number of likely N-dealkylation sites (N-methyl/N-ethyl adjacent to an activating group) is 1. The van der Waals surface area contributed by atoms with Crippen molar-refractivity contribution < 1.29 is 4.79 Å². The molecule has 116 valence electrons. The molecule has 2 aromatic rings. The van der Waals surface area contributed by atoms with Crippen molar-refractivity contribution in [2.75, 3.05) is 7.05 Å². The van der Waals surface area contributed by atoms with Gasteiger partial charge in [-0.25, -0.2) is 4.99 Å². The molecule has 0 spiro atoms. The molecule has 1 aliphatic heterocycles. The number of rotatable bonds is 2. The van der Waals surface area contributed by atoms with E-state index in [1.165, 1.54) is 22.9 Å². The first kappa shape index (κ1) is 15.8. The highest BCUT2D eigenvalue weighted by molar-refractivity contribution is 8.18. The molecule has 0 N–H and O–H groups in total. The lowest BCUT2D eigenvalue weighted by atomic mass is 10.1. The second kappa shape index (κ2) is 6.56. The molecule has 4 nitrogen and oxygen atoms in total. The molecule has 1 aliphatic rings. The maximum Gasteiger partial charge on any atom is 0.266 e. The topological polar surface area (TPSA) is 45.6 Å². The van der Waals surface area contributed by atoms with E-state index in [9.17, 15) is 4.79 Å². The molecular weight excluding hydrogens is 330 g/mol. The van der Waals surface area contributed by atoms with Gasteiger partial charge in [0.25, 0.3) is 5.91 Å². The zero-order valence-corrected chi connectivity index (χ0v) is 14.2. The van der Waals surface area contributed by atoms with Crippen LogP contribution in [0.5, 0.6) is 0 Å². The molecule has 1 amide bonds. The summed E-state index contributed by atoms with van der Waals surface area (Å²) in [7, 11) is 1.71. The zero-order chi connectivity index (χ0) is 16.4. The molecule has 0 unspecified atom stereocenters. The van der Waals surface area contributed by atoms with Crippen LogP contribution in [0.2, 0.25) is 5.02 Å². The number of amidine groups is 1. The molecule has 0 atom stereocenters. The third kappa shape index (κ3) is 3.30. The Kier molecular flexibility index (Phi) is 4.50. The minimum absolute atomic E-state index is 0.0674. The highest BCUT2D eigenvalue weighted by atomic mass is 35.5. The number of aryl methyl sites for hydroxylation is 1. The Labute approximate surface area is 143 Å². The summed E-state index contributed by atoms with van der Waals surface area (Å²) in [5, 5.41) is 1.06. The fraction of sp³-hybridized carbons (Fsp3) is 0.118. The van der Waals surface area contributed by atoms with Gasteiger partial charge in [-0.3, -0.25) is 14.7 Å². The third-order valence-electron chi connectivity index (χ3n) is 3.45. The number of hydrogen-bond donors (Lipinski definition) is 0. The van der Waals surface area contributed by atoms with Gasteiger partial charge in [-0.1, -0.05) is 35.9 Å². The number of amides is 1. The van der Waals surface area contributed by atoms with E-state index in [1.54, 1.807) is 19.3 Å². The number of aromatic nitrogens is 1. The summed E-state index contributed by atoms with van der Waals surface area (Å²) in [5.41, 5.74) is 2.75. The second-order valence-electron chi connectivity index (χ2n) is 5.05. The summed E-state index contributed by atoms with van der Waals surface area (Å²) in [6.07, 6.45) is 5.05. The van der Waals surface area contributed by atoms with Gasteiger partial charge in [0.15, 0.2) is 5.17 Å². The number of aliphatic imine (C=N–C) groups is 1. The summed E-state index contributed by atoms with van der Waals surface area (Å²) in [6, 6.07) is 9.67. The first-order valence-corrected chi connectivity index (χ1v) is 8.17. The van der Waals surface area contributed by atoms with E-state index in [-0.39, 0.29) is 5.91 Å². The third-order valence-corrected chi connectivity index (χ3v) is 4.80. The Morgan fingerprint density at radius 2 is 2.09 bits per heavy atom. The van der Waals surface area contributed by atoms with Gasteiger partial charge in [-0.05, 0) is 42.0 Å². The largest absolute Gasteiger partial charge is 0.290 e. The lowest BCUT2D eigenvalue weighted by molar-refractivity contribution is -0.121. The molecule has 1 aromatic heterocycles. The van der Waals surface area contributed by atoms with E-state index >= 15 is 0 Å². The quantitative estimate of drug-likeness (QED) is 0.765. The molecule has 2 heterocycles. The number of benzene rings is 1. The van der Waals surface area contributed by atoms with Crippen molar-refractivity contribution in [3.05, 3.63) is 63.8 Å². The van der Waals surface area contributed by atoms with Crippen molar-refractivity contribution in [1.82, 2.24) is 9.88 Å². The van der Waals surface area contributed by atoms with Crippen LogP contribution in [0, 0.1) is 6.92 Å². The number of thioether (sulfide) groups is 1. The molecule has 23 heavy (non-hydrogen) atoms. The SMILES string of the molecule is Cc1ccccc1/C=C1\SC(=Nc2ccncc2Cl)N(C)C1=O. The van der Waals surface area contributed by atoms with Crippen LogP contribution in [0.25, 0.3) is 6.08 Å². The van der Waals surface area contributed by atoms with Gasteiger partial charge in [-0.2, -0.15) is 0 Å². The number of hydrogen-bond acceptors (Lipinski definition) is 4. The van der Waals surface area contributed by atoms with Gasteiger partial charge in [-0.15, -0.1) is 0 Å². The predicted molar refractivity (Wildman–Crippen MR) is 95.9 cm³/mol. The van der Waals surface area contributed by atoms with Gasteiger partial charge in [0.2, 0.25) is 0 Å². The molecule has 3 rings (SSSR count). The Morgan fingerprint density at radius 1 is 1.30 bits per heavy atom. The van der Waals surface area contributed by atoms with E-state index in [0.717, 1.165) is 11.1 Å². The van der Waals surface area contributed by atoms with Crippen molar-refractivity contribution in [2.24, 2.45) is 4.99 Å². The van der Waals surface area contributed by atoms with E-state index in [1.807, 2.05) is 37.3 Å².